The van der Waals surface area contributed by atoms with E-state index in [-0.39, 0.29) is 17.1 Å². The molecule has 0 bridgehead atoms. The van der Waals surface area contributed by atoms with Crippen molar-refractivity contribution in [3.8, 4) is 11.4 Å². The van der Waals surface area contributed by atoms with Crippen molar-refractivity contribution < 1.29 is 19.8 Å². The molecule has 0 saturated heterocycles. The van der Waals surface area contributed by atoms with E-state index in [0.717, 1.165) is 10.9 Å². The number of rotatable bonds is 5. The molecule has 1 aromatic heterocycles. The number of methoxy groups -OCH3 is 1. The second-order valence-corrected chi connectivity index (χ2v) is 5.14. The summed E-state index contributed by atoms with van der Waals surface area (Å²) < 4.78 is 5.08. The molecule has 0 spiro atoms. The molecule has 3 rings (SSSR count). The van der Waals surface area contributed by atoms with Crippen LogP contribution in [0.3, 0.4) is 0 Å². The van der Waals surface area contributed by atoms with Crippen molar-refractivity contribution in [3.05, 3.63) is 74.2 Å². The average molecular weight is 372 g/mol. The standard InChI is InChI=1S/C15H12N6O6/c1-27-13-8-7-11(20(23)24)9-12(13)16-14-15(21(25)26)17-18(19(14)22)10-5-3-2-4-6-10/h2-9,22H,1H3. The predicted molar refractivity (Wildman–Crippen MR) is 90.3 cm³/mol. The van der Waals surface area contributed by atoms with E-state index in [9.17, 15) is 25.4 Å². The van der Waals surface area contributed by atoms with E-state index in [0.29, 0.717) is 10.5 Å². The van der Waals surface area contributed by atoms with E-state index < -0.39 is 21.2 Å². The fraction of sp³-hybridized carbons (Fsp3) is 0.0667. The summed E-state index contributed by atoms with van der Waals surface area (Å²) in [5, 5.41) is 36.4. The summed E-state index contributed by atoms with van der Waals surface area (Å²) in [4.78, 5) is 26.1. The van der Waals surface area contributed by atoms with Crippen LogP contribution in [0.15, 0.2) is 53.5 Å². The first-order valence-electron chi connectivity index (χ1n) is 7.41. The Hall–Kier alpha value is -4.22. The van der Waals surface area contributed by atoms with Gasteiger partial charge in [0.1, 0.15) is 17.1 Å². The SMILES string of the molecule is COc1ccc([N+](=O)[O-])cc1N=c1c([N+](=O)[O-])nn(-c2ccccc2)n1O. The van der Waals surface area contributed by atoms with E-state index in [1.54, 1.807) is 30.3 Å². The van der Waals surface area contributed by atoms with Crippen LogP contribution in [0.25, 0.3) is 5.69 Å². The molecule has 1 N–H and O–H groups in total. The molecule has 27 heavy (non-hydrogen) atoms. The molecule has 0 amide bonds. The monoisotopic (exact) mass is 372 g/mol. The number of para-hydroxylation sites is 1. The summed E-state index contributed by atoms with van der Waals surface area (Å²) in [5.41, 5.74) is -0.555. The lowest BCUT2D eigenvalue weighted by molar-refractivity contribution is -0.391. The molecule has 0 aliphatic rings. The lowest BCUT2D eigenvalue weighted by Crippen LogP contribution is -2.22. The van der Waals surface area contributed by atoms with Crippen LogP contribution in [-0.2, 0) is 0 Å². The Morgan fingerprint density at radius 3 is 2.41 bits per heavy atom. The van der Waals surface area contributed by atoms with Gasteiger partial charge in [0, 0.05) is 12.1 Å². The van der Waals surface area contributed by atoms with E-state index in [2.05, 4.69) is 10.1 Å². The van der Waals surface area contributed by atoms with Gasteiger partial charge in [-0.15, -0.1) is 0 Å². The minimum Gasteiger partial charge on any atom is -0.494 e. The summed E-state index contributed by atoms with van der Waals surface area (Å²) >= 11 is 0. The van der Waals surface area contributed by atoms with Crippen molar-refractivity contribution in [2.24, 2.45) is 4.99 Å². The molecule has 0 aliphatic carbocycles. The van der Waals surface area contributed by atoms with Crippen LogP contribution < -0.4 is 10.2 Å². The molecule has 138 valence electrons. The number of nitro groups is 2. The van der Waals surface area contributed by atoms with Gasteiger partial charge in [0.2, 0.25) is 0 Å². The van der Waals surface area contributed by atoms with Gasteiger partial charge in [-0.25, -0.2) is 4.99 Å². The Kier molecular flexibility index (Phi) is 4.53. The molecule has 0 fully saturated rings. The van der Waals surface area contributed by atoms with Crippen molar-refractivity contribution in [2.45, 2.75) is 0 Å². The average Bonchev–Trinajstić information content (AvgIpc) is 2.99. The minimum atomic E-state index is -0.825. The van der Waals surface area contributed by atoms with E-state index in [1.807, 2.05) is 0 Å². The van der Waals surface area contributed by atoms with Gasteiger partial charge in [0.25, 0.3) is 11.2 Å². The highest BCUT2D eigenvalue weighted by atomic mass is 16.6. The fourth-order valence-electron chi connectivity index (χ4n) is 2.29. The highest BCUT2D eigenvalue weighted by Crippen LogP contribution is 2.31. The van der Waals surface area contributed by atoms with Crippen LogP contribution in [0.1, 0.15) is 0 Å². The topological polar surface area (TPSA) is 151 Å². The Morgan fingerprint density at radius 2 is 1.81 bits per heavy atom. The summed E-state index contributed by atoms with van der Waals surface area (Å²) in [7, 11) is 1.31. The van der Waals surface area contributed by atoms with Crippen molar-refractivity contribution in [1.29, 1.82) is 0 Å². The Bertz CT molecular complexity index is 1090. The van der Waals surface area contributed by atoms with E-state index >= 15 is 0 Å². The second kappa shape index (κ2) is 6.95. The molecule has 12 nitrogen and oxygen atoms in total. The molecule has 0 aliphatic heterocycles. The number of nitro benzene ring substituents is 1. The van der Waals surface area contributed by atoms with Gasteiger partial charge < -0.3 is 20.1 Å². The van der Waals surface area contributed by atoms with Crippen LogP contribution in [0, 0.1) is 20.2 Å². The number of benzene rings is 2. The van der Waals surface area contributed by atoms with Crippen molar-refractivity contribution in [3.63, 3.8) is 0 Å². The van der Waals surface area contributed by atoms with Gasteiger partial charge in [0.05, 0.1) is 17.1 Å². The summed E-state index contributed by atoms with van der Waals surface area (Å²) in [6.07, 6.45) is 0. The predicted octanol–water partition coefficient (Wildman–Crippen LogP) is 1.97. The van der Waals surface area contributed by atoms with Crippen molar-refractivity contribution >= 4 is 17.2 Å². The zero-order valence-electron chi connectivity index (χ0n) is 13.8. The number of ether oxygens (including phenoxy) is 1. The smallest absolute Gasteiger partial charge is 0.438 e. The van der Waals surface area contributed by atoms with E-state index in [1.165, 1.54) is 19.2 Å². The molecule has 0 radical (unpaired) electrons. The van der Waals surface area contributed by atoms with Gasteiger partial charge in [-0.2, -0.15) is 0 Å². The number of hydrogen-bond donors (Lipinski definition) is 1. The maximum absolute atomic E-state index is 11.3. The number of aromatic nitrogens is 3. The van der Waals surface area contributed by atoms with Crippen LogP contribution in [0.4, 0.5) is 17.2 Å². The summed E-state index contributed by atoms with van der Waals surface area (Å²) in [5.74, 6) is -0.614. The van der Waals surface area contributed by atoms with Gasteiger partial charge in [-0.3, -0.25) is 10.1 Å². The van der Waals surface area contributed by atoms with Crippen LogP contribution in [0.5, 0.6) is 5.75 Å². The first-order valence-corrected chi connectivity index (χ1v) is 7.41. The van der Waals surface area contributed by atoms with Gasteiger partial charge in [-0.1, -0.05) is 23.0 Å². The molecule has 1 heterocycles. The maximum Gasteiger partial charge on any atom is 0.438 e. The van der Waals surface area contributed by atoms with Gasteiger partial charge >= 0.3 is 5.82 Å². The first-order chi connectivity index (χ1) is 12.9. The Balaban J connectivity index is 2.28. The molecule has 0 saturated carbocycles. The zero-order chi connectivity index (χ0) is 19.6. The third-order valence-corrected chi connectivity index (χ3v) is 3.52. The fourth-order valence-corrected chi connectivity index (χ4v) is 2.29. The van der Waals surface area contributed by atoms with Crippen LogP contribution in [0.2, 0.25) is 0 Å². The first kappa shape index (κ1) is 17.6. The lowest BCUT2D eigenvalue weighted by atomic mass is 10.2. The minimum absolute atomic E-state index is 0.0785. The lowest BCUT2D eigenvalue weighted by Gasteiger charge is -2.03. The van der Waals surface area contributed by atoms with Gasteiger partial charge in [-0.05, 0) is 27.9 Å². The highest BCUT2D eigenvalue weighted by molar-refractivity contribution is 5.57. The zero-order valence-corrected chi connectivity index (χ0v) is 13.8. The Morgan fingerprint density at radius 1 is 1.11 bits per heavy atom. The molecule has 0 unspecified atom stereocenters. The third kappa shape index (κ3) is 3.30. The number of nitrogens with zero attached hydrogens (tertiary/aromatic N) is 6. The number of non-ortho nitro benzene ring substituents is 1. The molecular weight excluding hydrogens is 360 g/mol. The van der Waals surface area contributed by atoms with Crippen molar-refractivity contribution in [2.75, 3.05) is 7.11 Å². The highest BCUT2D eigenvalue weighted by Gasteiger charge is 2.25. The number of hydrogen-bond acceptors (Lipinski definition) is 8. The van der Waals surface area contributed by atoms with Crippen LogP contribution in [-0.4, -0.2) is 36.9 Å². The Labute approximate surface area is 150 Å². The van der Waals surface area contributed by atoms with Crippen molar-refractivity contribution in [1.82, 2.24) is 14.7 Å². The normalized spacial score (nSPS) is 11.4. The molecule has 2 aromatic carbocycles. The largest absolute Gasteiger partial charge is 0.494 e. The second-order valence-electron chi connectivity index (χ2n) is 5.14. The summed E-state index contributed by atoms with van der Waals surface area (Å²) in [6.45, 7) is 0. The molecular formula is C15H12N6O6. The van der Waals surface area contributed by atoms with Crippen LogP contribution >= 0.6 is 0 Å². The maximum atomic E-state index is 11.3. The third-order valence-electron chi connectivity index (χ3n) is 3.52. The molecule has 3 aromatic rings. The molecule has 0 atom stereocenters. The summed E-state index contributed by atoms with van der Waals surface area (Å²) in [6, 6.07) is 11.7. The quantitative estimate of drug-likeness (QED) is 0.408. The van der Waals surface area contributed by atoms with E-state index in [4.69, 9.17) is 4.74 Å². The van der Waals surface area contributed by atoms with Gasteiger partial charge in [0.15, 0.2) is 0 Å². The molecule has 12 heteroatoms.